The van der Waals surface area contributed by atoms with Gasteiger partial charge < -0.3 is 9.84 Å². The molecule has 7 heteroatoms. The molecule has 2 heterocycles. The van der Waals surface area contributed by atoms with Crippen molar-refractivity contribution >= 4 is 34.7 Å². The number of rotatable bonds is 8. The first-order chi connectivity index (χ1) is 16.9. The molecule has 1 aromatic heterocycles. The molecule has 0 radical (unpaired) electrons. The van der Waals surface area contributed by atoms with Crippen molar-refractivity contribution in [3.05, 3.63) is 105 Å². The molecule has 0 bridgehead atoms. The molecule has 1 aliphatic heterocycles. The first-order valence-electron chi connectivity index (χ1n) is 11.8. The molecule has 1 N–H and O–H groups in total. The molecule has 4 rings (SSSR count). The molecule has 0 aliphatic carbocycles. The summed E-state index contributed by atoms with van der Waals surface area (Å²) >= 11 is 12.2. The van der Waals surface area contributed by atoms with Gasteiger partial charge in [-0.05, 0) is 42.8 Å². The van der Waals surface area contributed by atoms with E-state index >= 15 is 0 Å². The van der Waals surface area contributed by atoms with Gasteiger partial charge in [-0.3, -0.25) is 14.7 Å². The summed E-state index contributed by atoms with van der Waals surface area (Å²) in [5.41, 5.74) is 2.46. The quantitative estimate of drug-likeness (QED) is 0.418. The molecule has 0 fully saturated rings. The average molecular weight is 499 g/mol. The van der Waals surface area contributed by atoms with Crippen LogP contribution in [0.4, 0.5) is 0 Å². The number of benzene rings is 2. The van der Waals surface area contributed by atoms with Crippen LogP contribution in [0, 0.1) is 5.92 Å². The van der Waals surface area contributed by atoms with Gasteiger partial charge in [0.05, 0.1) is 26.6 Å². The minimum absolute atomic E-state index is 0.0934. The van der Waals surface area contributed by atoms with Crippen molar-refractivity contribution in [3.63, 3.8) is 0 Å². The predicted octanol–water partition coefficient (Wildman–Crippen LogP) is 5.92. The maximum absolute atomic E-state index is 14.0. The fourth-order valence-corrected chi connectivity index (χ4v) is 4.31. The Morgan fingerprint density at radius 2 is 1.91 bits per heavy atom. The number of allylic oxidation sites excluding steroid dienone is 1. The molecule has 5 nitrogen and oxygen atoms in total. The third kappa shape index (κ3) is 4.49. The molecule has 3 aromatic rings. The number of aliphatic hydroxyl groups is 1. The zero-order valence-corrected chi connectivity index (χ0v) is 20.4. The summed E-state index contributed by atoms with van der Waals surface area (Å²) in [5.74, 6) is -1.16. The van der Waals surface area contributed by atoms with Crippen molar-refractivity contribution in [3.8, 4) is 0 Å². The Bertz CT molecular complexity index is 1290. The van der Waals surface area contributed by atoms with Crippen molar-refractivity contribution in [1.29, 1.82) is 0 Å². The molecule has 2 aromatic carbocycles. The highest BCUT2D eigenvalue weighted by molar-refractivity contribution is 6.30. The van der Waals surface area contributed by atoms with Gasteiger partial charge in [-0.15, -0.1) is 0 Å². The van der Waals surface area contributed by atoms with E-state index in [0.717, 1.165) is 11.1 Å². The second kappa shape index (κ2) is 9.88. The number of hydrogen-bond donors (Lipinski definition) is 1. The SMILES string of the molecule is [2H]C([2H])(O)[C@H](C)COC1(c2ccc(Cl)cc2)c2ccc(C(=C)C)cc2C(=O)N1Cc1ccc(Cl)cn1. The zero-order chi connectivity index (χ0) is 26.3. The monoisotopic (exact) mass is 498 g/mol. The molecule has 0 saturated carbocycles. The van der Waals surface area contributed by atoms with Crippen molar-refractivity contribution in [2.24, 2.45) is 5.92 Å². The van der Waals surface area contributed by atoms with Crippen LogP contribution in [0.3, 0.4) is 0 Å². The number of pyridine rings is 1. The van der Waals surface area contributed by atoms with Crippen LogP contribution in [0.25, 0.3) is 5.57 Å². The summed E-state index contributed by atoms with van der Waals surface area (Å²) < 4.78 is 22.0. The highest BCUT2D eigenvalue weighted by Gasteiger charge is 2.52. The summed E-state index contributed by atoms with van der Waals surface area (Å²) in [6.07, 6.45) is 1.51. The van der Waals surface area contributed by atoms with E-state index in [1.807, 2.05) is 19.1 Å². The summed E-state index contributed by atoms with van der Waals surface area (Å²) in [6.45, 7) is 4.85. The number of hydrogen-bond acceptors (Lipinski definition) is 4. The molecular weight excluding hydrogens is 471 g/mol. The smallest absolute Gasteiger partial charge is 0.257 e. The van der Waals surface area contributed by atoms with Crippen molar-refractivity contribution in [1.82, 2.24) is 9.88 Å². The lowest BCUT2D eigenvalue weighted by Gasteiger charge is -2.40. The van der Waals surface area contributed by atoms with Crippen LogP contribution in [-0.4, -0.2) is 34.1 Å². The number of carbonyl (C=O) groups is 1. The number of amides is 1. The first-order valence-corrected chi connectivity index (χ1v) is 11.5. The van der Waals surface area contributed by atoms with E-state index in [4.69, 9.17) is 30.7 Å². The Kier molecular flexibility index (Phi) is 6.34. The van der Waals surface area contributed by atoms with Crippen LogP contribution < -0.4 is 0 Å². The largest absolute Gasteiger partial charge is 0.396 e. The molecule has 1 amide bonds. The van der Waals surface area contributed by atoms with Crippen molar-refractivity contribution in [2.75, 3.05) is 13.2 Å². The van der Waals surface area contributed by atoms with E-state index in [2.05, 4.69) is 11.6 Å². The Hall–Kier alpha value is -2.70. The number of ether oxygens (including phenoxy) is 1. The van der Waals surface area contributed by atoms with Gasteiger partial charge in [-0.2, -0.15) is 0 Å². The van der Waals surface area contributed by atoms with Gasteiger partial charge >= 0.3 is 0 Å². The Morgan fingerprint density at radius 3 is 2.53 bits per heavy atom. The average Bonchev–Trinajstić information content (AvgIpc) is 3.06. The maximum atomic E-state index is 14.0. The van der Waals surface area contributed by atoms with Gasteiger partial charge in [0.15, 0.2) is 5.72 Å². The first kappa shape index (κ1) is 21.8. The topological polar surface area (TPSA) is 62.7 Å². The van der Waals surface area contributed by atoms with Crippen LogP contribution >= 0.6 is 23.2 Å². The summed E-state index contributed by atoms with van der Waals surface area (Å²) in [7, 11) is 0. The van der Waals surface area contributed by atoms with Crippen LogP contribution in [0.15, 0.2) is 67.4 Å². The molecule has 0 saturated heterocycles. The second-order valence-electron chi connectivity index (χ2n) is 8.39. The lowest BCUT2D eigenvalue weighted by molar-refractivity contribution is -0.123. The molecular formula is C27H26Cl2N2O3. The van der Waals surface area contributed by atoms with Crippen molar-refractivity contribution < 1.29 is 17.4 Å². The molecule has 2 atom stereocenters. The summed E-state index contributed by atoms with van der Waals surface area (Å²) in [6, 6.07) is 15.9. The fraction of sp³-hybridized carbons (Fsp3) is 0.259. The fourth-order valence-electron chi connectivity index (χ4n) is 4.07. The summed E-state index contributed by atoms with van der Waals surface area (Å²) in [4.78, 5) is 19.9. The van der Waals surface area contributed by atoms with E-state index in [1.165, 1.54) is 6.20 Å². The minimum Gasteiger partial charge on any atom is -0.396 e. The third-order valence-electron chi connectivity index (χ3n) is 5.84. The van der Waals surface area contributed by atoms with Crippen molar-refractivity contribution in [2.45, 2.75) is 26.1 Å². The summed E-state index contributed by atoms with van der Waals surface area (Å²) in [5, 5.41) is 10.9. The predicted molar refractivity (Wildman–Crippen MR) is 135 cm³/mol. The van der Waals surface area contributed by atoms with Gasteiger partial charge in [-0.25, -0.2) is 0 Å². The zero-order valence-electron chi connectivity index (χ0n) is 20.9. The third-order valence-corrected chi connectivity index (χ3v) is 6.32. The van der Waals surface area contributed by atoms with Crippen LogP contribution in [0.2, 0.25) is 10.0 Å². The number of halogens is 2. The van der Waals surface area contributed by atoms with Crippen LogP contribution in [-0.2, 0) is 17.0 Å². The lowest BCUT2D eigenvalue weighted by atomic mass is 9.91. The highest BCUT2D eigenvalue weighted by atomic mass is 35.5. The molecule has 34 heavy (non-hydrogen) atoms. The Balaban J connectivity index is 1.93. The van der Waals surface area contributed by atoms with Gasteiger partial charge in [-0.1, -0.05) is 66.5 Å². The maximum Gasteiger partial charge on any atom is 0.257 e. The van der Waals surface area contributed by atoms with Gasteiger partial charge in [0, 0.05) is 40.4 Å². The van der Waals surface area contributed by atoms with Crippen LogP contribution in [0.5, 0.6) is 0 Å². The van der Waals surface area contributed by atoms with Gasteiger partial charge in [0.2, 0.25) is 0 Å². The van der Waals surface area contributed by atoms with E-state index in [1.54, 1.807) is 54.3 Å². The Morgan fingerprint density at radius 1 is 1.21 bits per heavy atom. The lowest BCUT2D eigenvalue weighted by Crippen LogP contribution is -2.47. The van der Waals surface area contributed by atoms with E-state index < -0.39 is 18.2 Å². The van der Waals surface area contributed by atoms with E-state index in [-0.39, 0.29) is 19.1 Å². The number of nitrogens with zero attached hydrogens (tertiary/aromatic N) is 2. The number of carbonyl (C=O) groups excluding carboxylic acids is 1. The van der Waals surface area contributed by atoms with E-state index in [0.29, 0.717) is 32.4 Å². The normalized spacial score (nSPS) is 19.4. The Labute approximate surface area is 212 Å². The number of fused-ring (bicyclic) bond motifs is 1. The number of aromatic nitrogens is 1. The van der Waals surface area contributed by atoms with Crippen LogP contribution in [0.1, 0.15) is 49.3 Å². The molecule has 0 spiro atoms. The van der Waals surface area contributed by atoms with E-state index in [9.17, 15) is 9.90 Å². The van der Waals surface area contributed by atoms with Gasteiger partial charge in [0.1, 0.15) is 0 Å². The standard InChI is InChI=1S/C27H26Cl2N2O3/c1-17(2)19-4-11-25-24(12-19)26(33)31(14-23-10-9-22(29)13-30-23)27(25,34-16-18(3)15-32)20-5-7-21(28)8-6-20/h4-13,18,32H,1,14-16H2,2-3H3/t18-,27?/m0/s1/i15D2. The molecule has 176 valence electrons. The van der Waals surface area contributed by atoms with Gasteiger partial charge in [0.25, 0.3) is 5.91 Å². The highest BCUT2D eigenvalue weighted by Crippen LogP contribution is 2.47. The minimum atomic E-state index is -2.47. The second-order valence-corrected chi connectivity index (χ2v) is 9.26. The molecule has 1 aliphatic rings. The molecule has 1 unspecified atom stereocenters.